The Morgan fingerprint density at radius 3 is 2.63 bits per heavy atom. The van der Waals surface area contributed by atoms with Gasteiger partial charge in [0.05, 0.1) is 5.69 Å². The molecule has 3 aromatic heterocycles. The van der Waals surface area contributed by atoms with Crippen molar-refractivity contribution in [2.45, 2.75) is 20.8 Å². The van der Waals surface area contributed by atoms with Gasteiger partial charge in [-0.1, -0.05) is 4.49 Å². The Hall–Kier alpha value is -3.14. The predicted molar refractivity (Wildman–Crippen MR) is 104 cm³/mol. The van der Waals surface area contributed by atoms with E-state index in [4.69, 9.17) is 0 Å². The van der Waals surface area contributed by atoms with E-state index in [1.165, 1.54) is 0 Å². The molecule has 0 fully saturated rings. The maximum Gasteiger partial charge on any atom is 0.265 e. The molecule has 0 aromatic carbocycles. The lowest BCUT2D eigenvalue weighted by Gasteiger charge is -2.10. The van der Waals surface area contributed by atoms with Gasteiger partial charge in [0, 0.05) is 25.4 Å². The molecule has 27 heavy (non-hydrogen) atoms. The Bertz CT molecular complexity index is 942. The second-order valence-electron chi connectivity index (χ2n) is 5.90. The number of carbonyl (C=O) groups is 1. The summed E-state index contributed by atoms with van der Waals surface area (Å²) in [6.45, 7) is 6.56. The van der Waals surface area contributed by atoms with Crippen molar-refractivity contribution in [3.8, 4) is 0 Å². The highest BCUT2D eigenvalue weighted by molar-refractivity contribution is 7.07. The fourth-order valence-corrected chi connectivity index (χ4v) is 2.92. The second-order valence-corrected chi connectivity index (χ2v) is 6.65. The average molecular weight is 384 g/mol. The molecule has 0 spiro atoms. The Morgan fingerprint density at radius 2 is 1.89 bits per heavy atom. The quantitative estimate of drug-likeness (QED) is 0.531. The summed E-state index contributed by atoms with van der Waals surface area (Å²) in [5.41, 5.74) is 1.75. The molecule has 0 radical (unpaired) electrons. The minimum atomic E-state index is -0.170. The molecule has 3 rings (SSSR count). The SMILES string of the molecule is Cc1ccnc(Nc2cc(NCCNC(=O)c3snnc3C)nc(C)n2)c1. The lowest BCUT2D eigenvalue weighted by atomic mass is 10.3. The molecule has 0 aliphatic carbocycles. The van der Waals surface area contributed by atoms with Gasteiger partial charge in [-0.15, -0.1) is 5.10 Å². The van der Waals surface area contributed by atoms with Gasteiger partial charge in [-0.2, -0.15) is 0 Å². The van der Waals surface area contributed by atoms with Gasteiger partial charge in [-0.3, -0.25) is 4.79 Å². The van der Waals surface area contributed by atoms with Crippen molar-refractivity contribution in [3.63, 3.8) is 0 Å². The van der Waals surface area contributed by atoms with E-state index < -0.39 is 0 Å². The fraction of sp³-hybridized carbons (Fsp3) is 0.294. The standard InChI is InChI=1S/C17H20N8OS/c1-10-4-5-18-13(8-10)23-15-9-14(21-12(3)22-15)19-6-7-20-17(26)16-11(2)24-25-27-16/h4-5,8-9H,6-7H2,1-3H3,(H,20,26)(H2,18,19,21,22,23). The summed E-state index contributed by atoms with van der Waals surface area (Å²) < 4.78 is 3.76. The van der Waals surface area contributed by atoms with Crippen molar-refractivity contribution in [2.75, 3.05) is 23.7 Å². The van der Waals surface area contributed by atoms with E-state index in [1.807, 2.05) is 26.0 Å². The molecule has 0 atom stereocenters. The third-order valence-corrected chi connectivity index (χ3v) is 4.41. The first kappa shape index (κ1) is 18.6. The van der Waals surface area contributed by atoms with Crippen molar-refractivity contribution >= 4 is 34.9 Å². The van der Waals surface area contributed by atoms with Crippen molar-refractivity contribution in [1.29, 1.82) is 0 Å². The summed E-state index contributed by atoms with van der Waals surface area (Å²) in [4.78, 5) is 25.6. The van der Waals surface area contributed by atoms with Crippen LogP contribution in [0.1, 0.15) is 26.8 Å². The highest BCUT2D eigenvalue weighted by Gasteiger charge is 2.12. The molecule has 0 saturated heterocycles. The van der Waals surface area contributed by atoms with E-state index in [0.29, 0.717) is 41.1 Å². The van der Waals surface area contributed by atoms with Crippen molar-refractivity contribution in [2.24, 2.45) is 0 Å². The molecule has 3 aromatic rings. The van der Waals surface area contributed by atoms with Gasteiger partial charge >= 0.3 is 0 Å². The van der Waals surface area contributed by atoms with Gasteiger partial charge in [-0.25, -0.2) is 15.0 Å². The molecule has 9 nitrogen and oxygen atoms in total. The third kappa shape index (κ3) is 5.17. The Labute approximate surface area is 160 Å². The van der Waals surface area contributed by atoms with E-state index >= 15 is 0 Å². The minimum Gasteiger partial charge on any atom is -0.368 e. The molecule has 0 bridgehead atoms. The number of aryl methyl sites for hydroxylation is 3. The molecule has 10 heteroatoms. The largest absolute Gasteiger partial charge is 0.368 e. The summed E-state index contributed by atoms with van der Waals surface area (Å²) in [6, 6.07) is 5.67. The highest BCUT2D eigenvalue weighted by Crippen LogP contribution is 2.16. The highest BCUT2D eigenvalue weighted by atomic mass is 32.1. The summed E-state index contributed by atoms with van der Waals surface area (Å²) >= 11 is 1.09. The van der Waals surface area contributed by atoms with E-state index in [0.717, 1.165) is 22.9 Å². The smallest absolute Gasteiger partial charge is 0.265 e. The average Bonchev–Trinajstić information content (AvgIpc) is 3.04. The molecule has 3 N–H and O–H groups in total. The topological polar surface area (TPSA) is 118 Å². The first-order valence-corrected chi connectivity index (χ1v) is 9.15. The minimum absolute atomic E-state index is 0.170. The van der Waals surface area contributed by atoms with E-state index in [9.17, 15) is 4.79 Å². The van der Waals surface area contributed by atoms with Crippen LogP contribution in [0.4, 0.5) is 17.5 Å². The third-order valence-electron chi connectivity index (χ3n) is 3.58. The number of carbonyl (C=O) groups excluding carboxylic acids is 1. The molecule has 0 unspecified atom stereocenters. The maximum absolute atomic E-state index is 12.0. The number of pyridine rings is 1. The van der Waals surface area contributed by atoms with Crippen molar-refractivity contribution < 1.29 is 4.79 Å². The van der Waals surface area contributed by atoms with E-state index in [-0.39, 0.29) is 5.91 Å². The molecule has 140 valence electrons. The Balaban J connectivity index is 1.55. The summed E-state index contributed by atoms with van der Waals surface area (Å²) in [5, 5.41) is 13.0. The van der Waals surface area contributed by atoms with Crippen LogP contribution in [0.15, 0.2) is 24.4 Å². The molecule has 0 aliphatic heterocycles. The van der Waals surface area contributed by atoms with Gasteiger partial charge in [0.25, 0.3) is 5.91 Å². The van der Waals surface area contributed by atoms with Crippen LogP contribution >= 0.6 is 11.5 Å². The number of anilines is 3. The number of aromatic nitrogens is 5. The molecular weight excluding hydrogens is 364 g/mol. The maximum atomic E-state index is 12.0. The van der Waals surface area contributed by atoms with Crippen LogP contribution in [0.25, 0.3) is 0 Å². The van der Waals surface area contributed by atoms with Gasteiger partial charge in [0.2, 0.25) is 0 Å². The predicted octanol–water partition coefficient (Wildman–Crippen LogP) is 2.23. The Kier molecular flexibility index (Phi) is 5.87. The Morgan fingerprint density at radius 1 is 1.07 bits per heavy atom. The molecule has 1 amide bonds. The zero-order chi connectivity index (χ0) is 19.2. The van der Waals surface area contributed by atoms with Crippen LogP contribution in [0.2, 0.25) is 0 Å². The van der Waals surface area contributed by atoms with Gasteiger partial charge in [-0.05, 0) is 50.0 Å². The number of nitrogens with one attached hydrogen (secondary N) is 3. The van der Waals surface area contributed by atoms with Gasteiger partial charge in [0.15, 0.2) is 0 Å². The van der Waals surface area contributed by atoms with Crippen LogP contribution in [0.5, 0.6) is 0 Å². The lowest BCUT2D eigenvalue weighted by molar-refractivity contribution is 0.0958. The second kappa shape index (κ2) is 8.49. The fourth-order valence-electron chi connectivity index (χ4n) is 2.34. The number of rotatable bonds is 7. The van der Waals surface area contributed by atoms with Crippen LogP contribution in [-0.4, -0.2) is 43.5 Å². The molecule has 3 heterocycles. The number of hydrogen-bond donors (Lipinski definition) is 3. The monoisotopic (exact) mass is 384 g/mol. The first-order valence-electron chi connectivity index (χ1n) is 8.37. The van der Waals surface area contributed by atoms with E-state index in [1.54, 1.807) is 19.2 Å². The molecule has 0 saturated carbocycles. The number of amides is 1. The van der Waals surface area contributed by atoms with Crippen LogP contribution < -0.4 is 16.0 Å². The van der Waals surface area contributed by atoms with Crippen LogP contribution in [0, 0.1) is 20.8 Å². The summed E-state index contributed by atoms with van der Waals surface area (Å²) in [7, 11) is 0. The number of nitrogens with zero attached hydrogens (tertiary/aromatic N) is 5. The van der Waals surface area contributed by atoms with Gasteiger partial charge in [0.1, 0.15) is 28.2 Å². The summed E-state index contributed by atoms with van der Waals surface area (Å²) in [5.74, 6) is 2.50. The van der Waals surface area contributed by atoms with Crippen molar-refractivity contribution in [3.05, 3.63) is 46.4 Å². The molecular formula is C17H20N8OS. The van der Waals surface area contributed by atoms with E-state index in [2.05, 4.69) is 40.5 Å². The van der Waals surface area contributed by atoms with Crippen LogP contribution in [0.3, 0.4) is 0 Å². The zero-order valence-electron chi connectivity index (χ0n) is 15.3. The molecule has 0 aliphatic rings. The van der Waals surface area contributed by atoms with Crippen molar-refractivity contribution in [1.82, 2.24) is 29.9 Å². The lowest BCUT2D eigenvalue weighted by Crippen LogP contribution is -2.28. The number of hydrogen-bond acceptors (Lipinski definition) is 9. The van der Waals surface area contributed by atoms with Crippen LogP contribution in [-0.2, 0) is 0 Å². The zero-order valence-corrected chi connectivity index (χ0v) is 16.1. The summed E-state index contributed by atoms with van der Waals surface area (Å²) in [6.07, 6.45) is 1.74. The van der Waals surface area contributed by atoms with Gasteiger partial charge < -0.3 is 16.0 Å². The normalized spacial score (nSPS) is 10.5. The first-order chi connectivity index (χ1) is 13.0.